The predicted molar refractivity (Wildman–Crippen MR) is 62.3 cm³/mol. The molecule has 1 amide bonds. The van der Waals surface area contributed by atoms with Crippen LogP contribution in [-0.2, 0) is 16.1 Å². The highest BCUT2D eigenvalue weighted by molar-refractivity contribution is 5.86. The van der Waals surface area contributed by atoms with E-state index in [1.165, 1.54) is 11.0 Å². The monoisotopic (exact) mass is 251 g/mol. The van der Waals surface area contributed by atoms with Crippen molar-refractivity contribution in [1.29, 1.82) is 0 Å². The molecule has 1 aromatic carbocycles. The Morgan fingerprint density at radius 3 is 2.83 bits per heavy atom. The molecule has 1 unspecified atom stereocenters. The van der Waals surface area contributed by atoms with Crippen molar-refractivity contribution in [2.75, 3.05) is 6.54 Å². The van der Waals surface area contributed by atoms with Gasteiger partial charge >= 0.3 is 5.97 Å². The molecule has 0 bridgehead atoms. The first-order chi connectivity index (χ1) is 8.47. The number of aliphatic carboxylic acids is 1. The number of hydrogen-bond donors (Lipinski definition) is 1. The number of hydrogen-bond acceptors (Lipinski definition) is 2. The van der Waals surface area contributed by atoms with Gasteiger partial charge in [0.25, 0.3) is 0 Å². The number of benzene rings is 1. The lowest BCUT2D eigenvalue weighted by molar-refractivity contribution is -0.141. The fourth-order valence-corrected chi connectivity index (χ4v) is 2.12. The molecule has 18 heavy (non-hydrogen) atoms. The van der Waals surface area contributed by atoms with Crippen molar-refractivity contribution in [3.8, 4) is 0 Å². The summed E-state index contributed by atoms with van der Waals surface area (Å²) in [6, 6.07) is 4.65. The third kappa shape index (κ3) is 2.50. The van der Waals surface area contributed by atoms with E-state index in [0.29, 0.717) is 12.1 Å². The maximum absolute atomic E-state index is 13.1. The lowest BCUT2D eigenvalue weighted by Gasteiger charge is -2.16. The number of carboxylic acid groups (broad SMARTS) is 1. The SMILES string of the molecule is Cc1cc(CN2CC(C(=O)O)CC2=O)ccc1F. The van der Waals surface area contributed by atoms with E-state index < -0.39 is 11.9 Å². The number of carboxylic acids is 1. The van der Waals surface area contributed by atoms with Crippen LogP contribution in [-0.4, -0.2) is 28.4 Å². The number of nitrogens with zero attached hydrogens (tertiary/aromatic N) is 1. The second-order valence-corrected chi connectivity index (χ2v) is 4.60. The van der Waals surface area contributed by atoms with Crippen LogP contribution in [0.25, 0.3) is 0 Å². The molecule has 0 saturated carbocycles. The molecule has 1 atom stereocenters. The Morgan fingerprint density at radius 1 is 1.56 bits per heavy atom. The molecule has 0 radical (unpaired) electrons. The minimum Gasteiger partial charge on any atom is -0.481 e. The molecular weight excluding hydrogens is 237 g/mol. The molecule has 1 fully saturated rings. The average Bonchev–Trinajstić information content (AvgIpc) is 2.66. The van der Waals surface area contributed by atoms with Gasteiger partial charge in [-0.3, -0.25) is 9.59 Å². The fraction of sp³-hybridized carbons (Fsp3) is 0.385. The summed E-state index contributed by atoms with van der Waals surface area (Å²) in [4.78, 5) is 24.0. The number of amides is 1. The molecule has 2 rings (SSSR count). The molecule has 96 valence electrons. The fourth-order valence-electron chi connectivity index (χ4n) is 2.12. The number of aryl methyl sites for hydroxylation is 1. The van der Waals surface area contributed by atoms with Crippen molar-refractivity contribution in [3.05, 3.63) is 35.1 Å². The molecule has 1 N–H and O–H groups in total. The van der Waals surface area contributed by atoms with E-state index in [0.717, 1.165) is 5.56 Å². The maximum Gasteiger partial charge on any atom is 0.308 e. The molecule has 1 aliphatic rings. The molecule has 4 nitrogen and oxygen atoms in total. The summed E-state index contributed by atoms with van der Waals surface area (Å²) in [7, 11) is 0. The number of likely N-dealkylation sites (tertiary alicyclic amines) is 1. The van der Waals surface area contributed by atoms with Crippen LogP contribution in [0.15, 0.2) is 18.2 Å². The zero-order valence-electron chi connectivity index (χ0n) is 10.0. The smallest absolute Gasteiger partial charge is 0.308 e. The number of carbonyl (C=O) groups is 2. The zero-order valence-corrected chi connectivity index (χ0v) is 10.0. The van der Waals surface area contributed by atoms with Gasteiger partial charge in [0, 0.05) is 19.5 Å². The molecule has 1 aliphatic heterocycles. The van der Waals surface area contributed by atoms with Gasteiger partial charge in [0.15, 0.2) is 0 Å². The van der Waals surface area contributed by atoms with E-state index in [4.69, 9.17) is 5.11 Å². The second-order valence-electron chi connectivity index (χ2n) is 4.60. The Kier molecular flexibility index (Phi) is 3.32. The zero-order chi connectivity index (χ0) is 13.3. The Bertz CT molecular complexity index is 501. The maximum atomic E-state index is 13.1. The first-order valence-corrected chi connectivity index (χ1v) is 5.73. The third-order valence-corrected chi connectivity index (χ3v) is 3.16. The molecule has 0 aromatic heterocycles. The normalized spacial score (nSPS) is 19.3. The van der Waals surface area contributed by atoms with Crippen LogP contribution < -0.4 is 0 Å². The number of carbonyl (C=O) groups excluding carboxylic acids is 1. The van der Waals surface area contributed by atoms with Gasteiger partial charge in [-0.2, -0.15) is 0 Å². The van der Waals surface area contributed by atoms with E-state index in [-0.39, 0.29) is 24.7 Å². The second kappa shape index (κ2) is 4.76. The largest absolute Gasteiger partial charge is 0.481 e. The molecule has 1 saturated heterocycles. The topological polar surface area (TPSA) is 57.6 Å². The summed E-state index contributed by atoms with van der Waals surface area (Å²) in [5.74, 6) is -2.01. The van der Waals surface area contributed by atoms with Crippen LogP contribution in [0, 0.1) is 18.7 Å². The van der Waals surface area contributed by atoms with Crippen molar-refractivity contribution >= 4 is 11.9 Å². The van der Waals surface area contributed by atoms with E-state index in [1.54, 1.807) is 19.1 Å². The van der Waals surface area contributed by atoms with Gasteiger partial charge in [0.2, 0.25) is 5.91 Å². The Balaban J connectivity index is 2.08. The van der Waals surface area contributed by atoms with Crippen LogP contribution in [0.2, 0.25) is 0 Å². The van der Waals surface area contributed by atoms with E-state index >= 15 is 0 Å². The Morgan fingerprint density at radius 2 is 2.28 bits per heavy atom. The lowest BCUT2D eigenvalue weighted by atomic mass is 10.1. The summed E-state index contributed by atoms with van der Waals surface area (Å²) in [5.41, 5.74) is 1.34. The molecular formula is C13H14FNO3. The van der Waals surface area contributed by atoms with Crippen LogP contribution in [0.4, 0.5) is 4.39 Å². The first-order valence-electron chi connectivity index (χ1n) is 5.73. The number of rotatable bonds is 3. The number of halogens is 1. The highest BCUT2D eigenvalue weighted by Crippen LogP contribution is 2.21. The highest BCUT2D eigenvalue weighted by Gasteiger charge is 2.34. The first kappa shape index (κ1) is 12.5. The van der Waals surface area contributed by atoms with E-state index in [2.05, 4.69) is 0 Å². The van der Waals surface area contributed by atoms with Gasteiger partial charge in [-0.05, 0) is 24.1 Å². The van der Waals surface area contributed by atoms with E-state index in [9.17, 15) is 14.0 Å². The standard InChI is InChI=1S/C13H14FNO3/c1-8-4-9(2-3-11(8)14)6-15-7-10(13(17)18)5-12(15)16/h2-4,10H,5-7H2,1H3,(H,17,18). The van der Waals surface area contributed by atoms with Crippen molar-refractivity contribution in [3.63, 3.8) is 0 Å². The van der Waals surface area contributed by atoms with Crippen molar-refractivity contribution in [1.82, 2.24) is 4.90 Å². The molecule has 1 aromatic rings. The van der Waals surface area contributed by atoms with Crippen LogP contribution >= 0.6 is 0 Å². The summed E-state index contributed by atoms with van der Waals surface area (Å²) in [6.45, 7) is 2.22. The van der Waals surface area contributed by atoms with Crippen LogP contribution in [0.5, 0.6) is 0 Å². The van der Waals surface area contributed by atoms with Crippen molar-refractivity contribution < 1.29 is 19.1 Å². The average molecular weight is 251 g/mol. The van der Waals surface area contributed by atoms with Gasteiger partial charge in [0.05, 0.1) is 5.92 Å². The summed E-state index contributed by atoms with van der Waals surface area (Å²) in [5, 5.41) is 8.87. The molecule has 0 aliphatic carbocycles. The molecule has 0 spiro atoms. The van der Waals surface area contributed by atoms with E-state index in [1.807, 2.05) is 0 Å². The van der Waals surface area contributed by atoms with Crippen molar-refractivity contribution in [2.24, 2.45) is 5.92 Å². The van der Waals surface area contributed by atoms with Gasteiger partial charge in [-0.25, -0.2) is 4.39 Å². The minimum absolute atomic E-state index is 0.0511. The summed E-state index contributed by atoms with van der Waals surface area (Å²) >= 11 is 0. The quantitative estimate of drug-likeness (QED) is 0.887. The van der Waals surface area contributed by atoms with Crippen LogP contribution in [0.3, 0.4) is 0 Å². The third-order valence-electron chi connectivity index (χ3n) is 3.16. The Hall–Kier alpha value is -1.91. The van der Waals surface area contributed by atoms with Crippen LogP contribution in [0.1, 0.15) is 17.5 Å². The highest BCUT2D eigenvalue weighted by atomic mass is 19.1. The lowest BCUT2D eigenvalue weighted by Crippen LogP contribution is -2.25. The van der Waals surface area contributed by atoms with Gasteiger partial charge < -0.3 is 10.0 Å². The Labute approximate surface area is 104 Å². The summed E-state index contributed by atoms with van der Waals surface area (Å²) in [6.07, 6.45) is 0.0511. The van der Waals surface area contributed by atoms with Gasteiger partial charge in [-0.15, -0.1) is 0 Å². The van der Waals surface area contributed by atoms with Gasteiger partial charge in [-0.1, -0.05) is 12.1 Å². The molecule has 1 heterocycles. The van der Waals surface area contributed by atoms with Crippen molar-refractivity contribution in [2.45, 2.75) is 19.9 Å². The predicted octanol–water partition coefficient (Wildman–Crippen LogP) is 1.57. The summed E-state index contributed by atoms with van der Waals surface area (Å²) < 4.78 is 13.1. The molecule has 5 heteroatoms. The van der Waals surface area contributed by atoms with Gasteiger partial charge in [0.1, 0.15) is 5.82 Å². The minimum atomic E-state index is -0.943.